The molecular formula is C24H26N4O5S. The van der Waals surface area contributed by atoms with Gasteiger partial charge in [-0.25, -0.2) is 14.3 Å². The van der Waals surface area contributed by atoms with Crippen molar-refractivity contribution in [3.63, 3.8) is 0 Å². The predicted octanol–water partition coefficient (Wildman–Crippen LogP) is 4.03. The number of ether oxygens (including phenoxy) is 2. The third-order valence-electron chi connectivity index (χ3n) is 5.24. The van der Waals surface area contributed by atoms with Gasteiger partial charge in [0.25, 0.3) is 5.56 Å². The average molecular weight is 483 g/mol. The number of aryl methyl sites for hydroxylation is 1. The number of aromatic nitrogens is 2. The number of hydrogen-bond donors (Lipinski definition) is 1. The van der Waals surface area contributed by atoms with Gasteiger partial charge in [0.2, 0.25) is 0 Å². The molecule has 0 aliphatic heterocycles. The van der Waals surface area contributed by atoms with Crippen LogP contribution in [0.3, 0.4) is 0 Å². The van der Waals surface area contributed by atoms with Crippen LogP contribution in [0.1, 0.15) is 70.8 Å². The van der Waals surface area contributed by atoms with Gasteiger partial charge in [0, 0.05) is 17.5 Å². The Hall–Kier alpha value is -3.71. The van der Waals surface area contributed by atoms with Crippen molar-refractivity contribution in [2.24, 2.45) is 0 Å². The summed E-state index contributed by atoms with van der Waals surface area (Å²) in [6, 6.07) is 8.66. The minimum Gasteiger partial charge on any atom is -0.462 e. The second-order valence-electron chi connectivity index (χ2n) is 7.54. The second kappa shape index (κ2) is 11.4. The number of rotatable bonds is 10. The number of nitrogens with two attached hydrogens (primary N) is 1. The zero-order valence-electron chi connectivity index (χ0n) is 19.1. The molecule has 0 amide bonds. The number of nitrogens with zero attached hydrogens (tertiary/aromatic N) is 3. The quantitative estimate of drug-likeness (QED) is 0.338. The summed E-state index contributed by atoms with van der Waals surface area (Å²) in [6.45, 7) is 3.92. The van der Waals surface area contributed by atoms with E-state index in [0.717, 1.165) is 37.0 Å². The third-order valence-corrected chi connectivity index (χ3v) is 6.28. The lowest BCUT2D eigenvalue weighted by atomic mass is 10.1. The molecule has 0 aliphatic rings. The number of unbranched alkanes of at least 4 members (excludes halogenated alkanes) is 3. The van der Waals surface area contributed by atoms with Gasteiger partial charge in [-0.05, 0) is 19.4 Å². The molecule has 1 aromatic carbocycles. The molecule has 2 N–H and O–H groups in total. The summed E-state index contributed by atoms with van der Waals surface area (Å²) in [5.41, 5.74) is 5.86. The number of carbonyl (C=O) groups excluding carboxylic acids is 2. The Morgan fingerprint density at radius 1 is 1.12 bits per heavy atom. The summed E-state index contributed by atoms with van der Waals surface area (Å²) in [4.78, 5) is 38.3. The molecule has 0 aliphatic carbocycles. The van der Waals surface area contributed by atoms with Gasteiger partial charge in [0.05, 0.1) is 17.6 Å². The fourth-order valence-corrected chi connectivity index (χ4v) is 4.46. The number of carbonyl (C=O) groups is 2. The van der Waals surface area contributed by atoms with Crippen LogP contribution in [-0.4, -0.2) is 28.3 Å². The molecule has 0 atom stereocenters. The minimum atomic E-state index is -0.776. The predicted molar refractivity (Wildman–Crippen MR) is 129 cm³/mol. The fraction of sp³-hybridized carbons (Fsp3) is 0.375. The number of fused-ring (bicyclic) bond motifs is 1. The monoisotopic (exact) mass is 482 g/mol. The van der Waals surface area contributed by atoms with Crippen molar-refractivity contribution >= 4 is 39.0 Å². The Balaban J connectivity index is 1.92. The fourth-order valence-electron chi connectivity index (χ4n) is 3.54. The number of hydrogen-bond acceptors (Lipinski definition) is 9. The van der Waals surface area contributed by atoms with Gasteiger partial charge in [0.15, 0.2) is 5.69 Å². The summed E-state index contributed by atoms with van der Waals surface area (Å²) in [7, 11) is 0. The van der Waals surface area contributed by atoms with E-state index in [-0.39, 0.29) is 45.5 Å². The molecule has 3 aromatic rings. The van der Waals surface area contributed by atoms with Crippen LogP contribution in [0.25, 0.3) is 10.8 Å². The summed E-state index contributed by atoms with van der Waals surface area (Å²) >= 11 is 0.909. The van der Waals surface area contributed by atoms with Crippen LogP contribution in [0.15, 0.2) is 29.1 Å². The van der Waals surface area contributed by atoms with E-state index in [4.69, 9.17) is 15.2 Å². The summed E-state index contributed by atoms with van der Waals surface area (Å²) in [5, 5.41) is 14.6. The molecule has 0 saturated heterocycles. The molecule has 2 heterocycles. The zero-order valence-corrected chi connectivity index (χ0v) is 19.9. The lowest BCUT2D eigenvalue weighted by molar-refractivity contribution is 0.0446. The van der Waals surface area contributed by atoms with E-state index < -0.39 is 11.9 Å². The van der Waals surface area contributed by atoms with Crippen LogP contribution in [0.5, 0.6) is 0 Å². The maximum Gasteiger partial charge on any atom is 0.359 e. The molecule has 2 aromatic heterocycles. The van der Waals surface area contributed by atoms with E-state index in [1.807, 2.05) is 6.07 Å². The van der Waals surface area contributed by atoms with Crippen molar-refractivity contribution in [2.75, 3.05) is 12.3 Å². The molecule has 34 heavy (non-hydrogen) atoms. The molecule has 0 fully saturated rings. The first kappa shape index (κ1) is 24.9. The standard InChI is InChI=1S/C24H26N4O5S/c1-3-5-6-9-12-28-22(29)16-11-8-7-10-15(16)19(27-28)23(30)33-14-18-17(13-25)21(26)34-20(18)24(31)32-4-2/h7-8,10-11H,3-6,9,12,14,26H2,1-2H3. The van der Waals surface area contributed by atoms with Gasteiger partial charge in [-0.1, -0.05) is 44.4 Å². The highest BCUT2D eigenvalue weighted by Crippen LogP contribution is 2.32. The van der Waals surface area contributed by atoms with E-state index in [2.05, 4.69) is 12.0 Å². The van der Waals surface area contributed by atoms with Crippen molar-refractivity contribution in [3.8, 4) is 6.07 Å². The lowest BCUT2D eigenvalue weighted by Crippen LogP contribution is -2.26. The van der Waals surface area contributed by atoms with Crippen molar-refractivity contribution < 1.29 is 19.1 Å². The minimum absolute atomic E-state index is 0.00918. The largest absolute Gasteiger partial charge is 0.462 e. The van der Waals surface area contributed by atoms with E-state index in [1.54, 1.807) is 31.2 Å². The van der Waals surface area contributed by atoms with Crippen LogP contribution in [0.4, 0.5) is 5.00 Å². The number of benzene rings is 1. The van der Waals surface area contributed by atoms with Crippen molar-refractivity contribution in [1.82, 2.24) is 9.78 Å². The third kappa shape index (κ3) is 5.26. The molecule has 0 bridgehead atoms. The Morgan fingerprint density at radius 2 is 1.85 bits per heavy atom. The Labute approximate surface area is 200 Å². The van der Waals surface area contributed by atoms with Crippen LogP contribution in [0, 0.1) is 11.3 Å². The maximum absolute atomic E-state index is 13.1. The molecule has 178 valence electrons. The van der Waals surface area contributed by atoms with Crippen molar-refractivity contribution in [3.05, 3.63) is 56.3 Å². The van der Waals surface area contributed by atoms with Gasteiger partial charge < -0.3 is 15.2 Å². The first-order valence-corrected chi connectivity index (χ1v) is 11.9. The van der Waals surface area contributed by atoms with Crippen LogP contribution in [0.2, 0.25) is 0 Å². The van der Waals surface area contributed by atoms with Crippen molar-refractivity contribution in [2.45, 2.75) is 52.7 Å². The number of thiophene rings is 1. The van der Waals surface area contributed by atoms with E-state index >= 15 is 0 Å². The number of nitriles is 1. The molecule has 3 rings (SSSR count). The number of esters is 2. The van der Waals surface area contributed by atoms with E-state index in [0.29, 0.717) is 17.3 Å². The molecule has 0 unspecified atom stereocenters. The summed E-state index contributed by atoms with van der Waals surface area (Å²) in [6.07, 6.45) is 3.81. The van der Waals surface area contributed by atoms with Crippen molar-refractivity contribution in [1.29, 1.82) is 5.26 Å². The average Bonchev–Trinajstić information content (AvgIpc) is 3.17. The Bertz CT molecular complexity index is 1310. The van der Waals surface area contributed by atoms with Gasteiger partial charge in [0.1, 0.15) is 22.6 Å². The molecule has 9 nitrogen and oxygen atoms in total. The number of nitrogen functional groups attached to an aromatic ring is 1. The van der Waals surface area contributed by atoms with E-state index in [9.17, 15) is 19.6 Å². The first-order chi connectivity index (χ1) is 16.4. The summed E-state index contributed by atoms with van der Waals surface area (Å²) < 4.78 is 11.8. The molecule has 10 heteroatoms. The smallest absolute Gasteiger partial charge is 0.359 e. The van der Waals surface area contributed by atoms with Gasteiger partial charge >= 0.3 is 11.9 Å². The van der Waals surface area contributed by atoms with E-state index in [1.165, 1.54) is 4.68 Å². The highest BCUT2D eigenvalue weighted by atomic mass is 32.1. The molecular weight excluding hydrogens is 456 g/mol. The molecule has 0 saturated carbocycles. The highest BCUT2D eigenvalue weighted by Gasteiger charge is 2.25. The first-order valence-electron chi connectivity index (χ1n) is 11.1. The van der Waals surface area contributed by atoms with Gasteiger partial charge in [-0.2, -0.15) is 10.4 Å². The van der Waals surface area contributed by atoms with Gasteiger partial charge in [-0.15, -0.1) is 11.3 Å². The zero-order chi connectivity index (χ0) is 24.7. The van der Waals surface area contributed by atoms with Crippen LogP contribution in [-0.2, 0) is 22.6 Å². The van der Waals surface area contributed by atoms with Crippen LogP contribution >= 0.6 is 11.3 Å². The highest BCUT2D eigenvalue weighted by molar-refractivity contribution is 7.18. The normalized spacial score (nSPS) is 10.7. The Kier molecular flexibility index (Phi) is 8.38. The lowest BCUT2D eigenvalue weighted by Gasteiger charge is -2.11. The second-order valence-corrected chi connectivity index (χ2v) is 8.59. The van der Waals surface area contributed by atoms with Gasteiger partial charge in [-0.3, -0.25) is 4.79 Å². The molecule has 0 spiro atoms. The SMILES string of the molecule is CCCCCCn1nc(C(=O)OCc2c(C(=O)OCC)sc(N)c2C#N)c2ccccc2c1=O. The Morgan fingerprint density at radius 3 is 2.53 bits per heavy atom. The number of anilines is 1. The topological polar surface area (TPSA) is 137 Å². The summed E-state index contributed by atoms with van der Waals surface area (Å²) in [5.74, 6) is -1.42. The maximum atomic E-state index is 13.1. The van der Waals surface area contributed by atoms with Crippen LogP contribution < -0.4 is 11.3 Å². The molecule has 0 radical (unpaired) electrons.